The number of carbonyl (C=O) groups is 1. The maximum absolute atomic E-state index is 12.4. The second-order valence-electron chi connectivity index (χ2n) is 4.63. The second kappa shape index (κ2) is 4.44. The molecule has 0 spiro atoms. The lowest BCUT2D eigenvalue weighted by Crippen LogP contribution is -2.61. The van der Waals surface area contributed by atoms with Crippen molar-refractivity contribution in [3.8, 4) is 0 Å². The van der Waals surface area contributed by atoms with Crippen molar-refractivity contribution in [2.24, 2.45) is 0 Å². The molecule has 0 aliphatic carbocycles. The number of hydrogen-bond donors (Lipinski definition) is 1. The highest BCUT2D eigenvalue weighted by Crippen LogP contribution is 2.38. The van der Waals surface area contributed by atoms with E-state index < -0.39 is 0 Å². The maximum Gasteiger partial charge on any atom is 0.251 e. The number of piperazine rings is 1. The fourth-order valence-corrected chi connectivity index (χ4v) is 2.96. The number of carbonyl (C=O) groups excluding carboxylic acids is 1. The van der Waals surface area contributed by atoms with Crippen molar-refractivity contribution in [3.05, 3.63) is 23.2 Å². The van der Waals surface area contributed by atoms with Crippen LogP contribution in [0.2, 0.25) is 5.02 Å². The molecular weight excluding hydrogens is 250 g/mol. The zero-order valence-corrected chi connectivity index (χ0v) is 11.1. The molecule has 0 saturated carbocycles. The van der Waals surface area contributed by atoms with Crippen LogP contribution in [0.4, 0.5) is 11.4 Å². The number of benzene rings is 1. The van der Waals surface area contributed by atoms with Crippen LogP contribution in [0.3, 0.4) is 0 Å². The summed E-state index contributed by atoms with van der Waals surface area (Å²) in [5.74, 6) is 0.180. The first-order valence-electron chi connectivity index (χ1n) is 6.30. The van der Waals surface area contributed by atoms with Gasteiger partial charge in [-0.15, -0.1) is 0 Å². The molecule has 3 rings (SSSR count). The summed E-state index contributed by atoms with van der Waals surface area (Å²) in [6.07, 6.45) is 0. The van der Waals surface area contributed by atoms with Gasteiger partial charge in [-0.3, -0.25) is 4.79 Å². The summed E-state index contributed by atoms with van der Waals surface area (Å²) in [6, 6.07) is 5.66. The van der Waals surface area contributed by atoms with Crippen LogP contribution in [0.15, 0.2) is 18.2 Å². The minimum absolute atomic E-state index is 0.0929. The molecule has 1 aromatic rings. The zero-order valence-electron chi connectivity index (χ0n) is 10.3. The van der Waals surface area contributed by atoms with Gasteiger partial charge in [0.1, 0.15) is 6.04 Å². The molecule has 0 bridgehead atoms. The Labute approximate surface area is 112 Å². The Morgan fingerprint density at radius 2 is 2.28 bits per heavy atom. The third-order valence-corrected chi connectivity index (χ3v) is 3.88. The van der Waals surface area contributed by atoms with E-state index in [-0.39, 0.29) is 11.9 Å². The second-order valence-corrected chi connectivity index (χ2v) is 5.07. The molecule has 1 N–H and O–H groups in total. The monoisotopic (exact) mass is 265 g/mol. The van der Waals surface area contributed by atoms with Crippen LogP contribution >= 0.6 is 11.6 Å². The van der Waals surface area contributed by atoms with Gasteiger partial charge < -0.3 is 15.1 Å². The quantitative estimate of drug-likeness (QED) is 0.836. The number of fused-ring (bicyclic) bond motifs is 3. The highest BCUT2D eigenvalue weighted by molar-refractivity contribution is 6.31. The minimum Gasteiger partial charge on any atom is -0.355 e. The summed E-state index contributed by atoms with van der Waals surface area (Å²) in [5, 5.41) is 4.00. The van der Waals surface area contributed by atoms with Crippen molar-refractivity contribution >= 4 is 28.9 Å². The van der Waals surface area contributed by atoms with Crippen LogP contribution in [0, 0.1) is 0 Å². The molecule has 4 nitrogen and oxygen atoms in total. The molecule has 0 radical (unpaired) electrons. The Morgan fingerprint density at radius 1 is 1.44 bits per heavy atom. The highest BCUT2D eigenvalue weighted by Gasteiger charge is 2.38. The number of anilines is 2. The van der Waals surface area contributed by atoms with Crippen LogP contribution < -0.4 is 15.1 Å². The molecule has 96 valence electrons. The van der Waals surface area contributed by atoms with Crippen LogP contribution in [-0.4, -0.2) is 38.1 Å². The van der Waals surface area contributed by atoms with Gasteiger partial charge in [-0.2, -0.15) is 0 Å². The molecule has 1 amide bonds. The van der Waals surface area contributed by atoms with Crippen LogP contribution in [0.25, 0.3) is 0 Å². The van der Waals surface area contributed by atoms with Gasteiger partial charge >= 0.3 is 0 Å². The first kappa shape index (κ1) is 11.8. The van der Waals surface area contributed by atoms with Crippen molar-refractivity contribution in [1.29, 1.82) is 0 Å². The van der Waals surface area contributed by atoms with Crippen molar-refractivity contribution in [3.63, 3.8) is 0 Å². The number of amides is 1. The first-order valence-corrected chi connectivity index (χ1v) is 6.68. The van der Waals surface area contributed by atoms with Crippen LogP contribution in [0.1, 0.15) is 6.92 Å². The fourth-order valence-electron chi connectivity index (χ4n) is 2.79. The van der Waals surface area contributed by atoms with Gasteiger partial charge in [0.05, 0.1) is 11.4 Å². The molecule has 5 heteroatoms. The van der Waals surface area contributed by atoms with E-state index in [1.54, 1.807) is 0 Å². The van der Waals surface area contributed by atoms with E-state index in [1.807, 2.05) is 30.0 Å². The average molecular weight is 266 g/mol. The average Bonchev–Trinajstić information content (AvgIpc) is 2.40. The SMILES string of the molecule is CCN1C(=O)C2CNCCN2c2cc(Cl)ccc21. The van der Waals surface area contributed by atoms with E-state index in [0.717, 1.165) is 29.5 Å². The van der Waals surface area contributed by atoms with Gasteiger partial charge in [0.15, 0.2) is 0 Å². The Balaban J connectivity index is 2.12. The number of halogens is 1. The van der Waals surface area contributed by atoms with E-state index in [2.05, 4.69) is 10.2 Å². The Kier molecular flexibility index (Phi) is 2.92. The smallest absolute Gasteiger partial charge is 0.251 e. The normalized spacial score (nSPS) is 22.8. The zero-order chi connectivity index (χ0) is 12.7. The molecule has 2 aliphatic rings. The number of likely N-dealkylation sites (N-methyl/N-ethyl adjacent to an activating group) is 1. The topological polar surface area (TPSA) is 35.6 Å². The molecular formula is C13H16ClN3O. The molecule has 1 fully saturated rings. The van der Waals surface area contributed by atoms with E-state index in [9.17, 15) is 4.79 Å². The highest BCUT2D eigenvalue weighted by atomic mass is 35.5. The predicted molar refractivity (Wildman–Crippen MR) is 73.5 cm³/mol. The van der Waals surface area contributed by atoms with Gasteiger partial charge in [0.25, 0.3) is 5.91 Å². The van der Waals surface area contributed by atoms with Crippen LogP contribution in [-0.2, 0) is 4.79 Å². The molecule has 1 aromatic carbocycles. The lowest BCUT2D eigenvalue weighted by molar-refractivity contribution is -0.120. The molecule has 0 aromatic heterocycles. The molecule has 18 heavy (non-hydrogen) atoms. The summed E-state index contributed by atoms with van der Waals surface area (Å²) in [7, 11) is 0. The summed E-state index contributed by atoms with van der Waals surface area (Å²) < 4.78 is 0. The maximum atomic E-state index is 12.4. The molecule has 1 atom stereocenters. The third-order valence-electron chi connectivity index (χ3n) is 3.65. The van der Waals surface area contributed by atoms with Gasteiger partial charge in [-0.1, -0.05) is 11.6 Å². The first-order chi connectivity index (χ1) is 8.72. The number of rotatable bonds is 1. The fraction of sp³-hybridized carbons (Fsp3) is 0.462. The lowest BCUT2D eigenvalue weighted by atomic mass is 10.0. The number of nitrogens with zero attached hydrogens (tertiary/aromatic N) is 2. The van der Waals surface area contributed by atoms with Gasteiger partial charge in [-0.05, 0) is 25.1 Å². The molecule has 1 unspecified atom stereocenters. The van der Waals surface area contributed by atoms with E-state index in [4.69, 9.17) is 11.6 Å². The largest absolute Gasteiger partial charge is 0.355 e. The van der Waals surface area contributed by atoms with E-state index in [0.29, 0.717) is 13.1 Å². The van der Waals surface area contributed by atoms with Gasteiger partial charge in [-0.25, -0.2) is 0 Å². The Hall–Kier alpha value is -1.26. The number of nitrogens with one attached hydrogen (secondary N) is 1. The van der Waals surface area contributed by atoms with Crippen LogP contribution in [0.5, 0.6) is 0 Å². The minimum atomic E-state index is -0.0929. The Morgan fingerprint density at radius 3 is 3.06 bits per heavy atom. The van der Waals surface area contributed by atoms with Crippen molar-refractivity contribution in [2.75, 3.05) is 36.0 Å². The summed E-state index contributed by atoms with van der Waals surface area (Å²) in [4.78, 5) is 16.5. The molecule has 2 heterocycles. The molecule has 2 aliphatic heterocycles. The lowest BCUT2D eigenvalue weighted by Gasteiger charge is -2.45. The van der Waals surface area contributed by atoms with Gasteiger partial charge in [0, 0.05) is 31.2 Å². The summed E-state index contributed by atoms with van der Waals surface area (Å²) in [6.45, 7) is 5.16. The molecule has 1 saturated heterocycles. The third kappa shape index (κ3) is 1.68. The van der Waals surface area contributed by atoms with Gasteiger partial charge in [0.2, 0.25) is 0 Å². The van der Waals surface area contributed by atoms with Crippen molar-refractivity contribution < 1.29 is 4.79 Å². The van der Waals surface area contributed by atoms with E-state index in [1.165, 1.54) is 0 Å². The summed E-state index contributed by atoms with van der Waals surface area (Å²) in [5.41, 5.74) is 2.06. The van der Waals surface area contributed by atoms with E-state index >= 15 is 0 Å². The van der Waals surface area contributed by atoms with Crippen molar-refractivity contribution in [1.82, 2.24) is 5.32 Å². The Bertz CT molecular complexity index is 491. The summed E-state index contributed by atoms with van der Waals surface area (Å²) >= 11 is 6.09. The predicted octanol–water partition coefficient (Wildman–Crippen LogP) is 1.48. The number of hydrogen-bond acceptors (Lipinski definition) is 3. The standard InChI is InChI=1S/C13H16ClN3O/c1-2-16-10-4-3-9(14)7-11(10)17-6-5-15-8-12(17)13(16)18/h3-4,7,12,15H,2,5-6,8H2,1H3. The van der Waals surface area contributed by atoms with Crippen molar-refractivity contribution in [2.45, 2.75) is 13.0 Å².